The van der Waals surface area contributed by atoms with E-state index in [-0.39, 0.29) is 12.6 Å². The molecule has 0 spiro atoms. The minimum Gasteiger partial charge on any atom is -0.394 e. The Morgan fingerprint density at radius 3 is 2.67 bits per heavy atom. The molecule has 0 aliphatic rings. The fourth-order valence-electron chi connectivity index (χ4n) is 1.74. The molecule has 2 heteroatoms. The Hall–Kier alpha value is -0.860. The lowest BCUT2D eigenvalue weighted by molar-refractivity contribution is 0.244. The van der Waals surface area contributed by atoms with E-state index in [9.17, 15) is 5.11 Å². The standard InChI is InChI=1S/C13H21NO/c1-4-8-14-13(9-15)12-7-5-6-10(2)11(12)3/h5-7,13-15H,4,8-9H2,1-3H3. The average molecular weight is 207 g/mol. The van der Waals surface area contributed by atoms with E-state index in [0.717, 1.165) is 13.0 Å². The minimum absolute atomic E-state index is 0.0739. The van der Waals surface area contributed by atoms with Crippen LogP contribution in [0.5, 0.6) is 0 Å². The zero-order chi connectivity index (χ0) is 11.3. The van der Waals surface area contributed by atoms with E-state index >= 15 is 0 Å². The summed E-state index contributed by atoms with van der Waals surface area (Å²) in [6.45, 7) is 7.45. The first-order valence-electron chi connectivity index (χ1n) is 5.61. The summed E-state index contributed by atoms with van der Waals surface area (Å²) in [4.78, 5) is 0. The van der Waals surface area contributed by atoms with Crippen LogP contribution in [0.3, 0.4) is 0 Å². The van der Waals surface area contributed by atoms with Crippen molar-refractivity contribution in [3.63, 3.8) is 0 Å². The molecule has 0 radical (unpaired) electrons. The van der Waals surface area contributed by atoms with E-state index in [4.69, 9.17) is 0 Å². The van der Waals surface area contributed by atoms with Crippen LogP contribution in [-0.2, 0) is 0 Å². The third kappa shape index (κ3) is 3.05. The number of hydrogen-bond acceptors (Lipinski definition) is 2. The number of aliphatic hydroxyl groups is 1. The molecular weight excluding hydrogens is 186 g/mol. The average Bonchev–Trinajstić information content (AvgIpc) is 2.25. The van der Waals surface area contributed by atoms with Crippen LogP contribution in [0.15, 0.2) is 18.2 Å². The lowest BCUT2D eigenvalue weighted by Crippen LogP contribution is -2.25. The van der Waals surface area contributed by atoms with Crippen molar-refractivity contribution in [3.05, 3.63) is 34.9 Å². The van der Waals surface area contributed by atoms with Crippen LogP contribution in [0, 0.1) is 13.8 Å². The molecule has 2 N–H and O–H groups in total. The van der Waals surface area contributed by atoms with Gasteiger partial charge in [-0.15, -0.1) is 0 Å². The normalized spacial score (nSPS) is 12.8. The molecule has 0 amide bonds. The Labute approximate surface area is 92.3 Å². The fourth-order valence-corrected chi connectivity index (χ4v) is 1.74. The summed E-state index contributed by atoms with van der Waals surface area (Å²) < 4.78 is 0. The predicted octanol–water partition coefficient (Wildman–Crippen LogP) is 2.34. The molecule has 0 heterocycles. The lowest BCUT2D eigenvalue weighted by Gasteiger charge is -2.19. The van der Waals surface area contributed by atoms with E-state index in [1.54, 1.807) is 0 Å². The molecule has 15 heavy (non-hydrogen) atoms. The fraction of sp³-hybridized carbons (Fsp3) is 0.538. The minimum atomic E-state index is 0.0739. The summed E-state index contributed by atoms with van der Waals surface area (Å²) in [6.07, 6.45) is 1.08. The van der Waals surface area contributed by atoms with Crippen molar-refractivity contribution < 1.29 is 5.11 Å². The Kier molecular flexibility index (Phi) is 4.79. The van der Waals surface area contributed by atoms with Gasteiger partial charge in [-0.1, -0.05) is 25.1 Å². The molecule has 1 rings (SSSR count). The van der Waals surface area contributed by atoms with Gasteiger partial charge in [-0.25, -0.2) is 0 Å². The van der Waals surface area contributed by atoms with Crippen LogP contribution in [0.1, 0.15) is 36.1 Å². The van der Waals surface area contributed by atoms with E-state index in [2.05, 4.69) is 38.2 Å². The van der Waals surface area contributed by atoms with Gasteiger partial charge < -0.3 is 10.4 Å². The maximum absolute atomic E-state index is 9.36. The second-order valence-electron chi connectivity index (χ2n) is 3.98. The highest BCUT2D eigenvalue weighted by Gasteiger charge is 2.12. The largest absolute Gasteiger partial charge is 0.394 e. The van der Waals surface area contributed by atoms with Crippen LogP contribution in [0.4, 0.5) is 0 Å². The number of hydrogen-bond donors (Lipinski definition) is 2. The first-order valence-corrected chi connectivity index (χ1v) is 5.61. The zero-order valence-electron chi connectivity index (χ0n) is 9.88. The van der Waals surface area contributed by atoms with Crippen LogP contribution in [-0.4, -0.2) is 18.3 Å². The topological polar surface area (TPSA) is 32.3 Å². The first kappa shape index (κ1) is 12.2. The number of aliphatic hydroxyl groups excluding tert-OH is 1. The number of aryl methyl sites for hydroxylation is 1. The van der Waals surface area contributed by atoms with Crippen molar-refractivity contribution in [2.45, 2.75) is 33.2 Å². The quantitative estimate of drug-likeness (QED) is 0.776. The van der Waals surface area contributed by atoms with Crippen molar-refractivity contribution in [3.8, 4) is 0 Å². The molecule has 0 bridgehead atoms. The van der Waals surface area contributed by atoms with Crippen molar-refractivity contribution in [2.24, 2.45) is 0 Å². The SMILES string of the molecule is CCCNC(CO)c1cccc(C)c1C. The molecular formula is C13H21NO. The van der Waals surface area contributed by atoms with Crippen LogP contribution in [0.2, 0.25) is 0 Å². The van der Waals surface area contributed by atoms with Gasteiger partial charge >= 0.3 is 0 Å². The maximum Gasteiger partial charge on any atom is 0.0626 e. The first-order chi connectivity index (χ1) is 7.20. The van der Waals surface area contributed by atoms with Crippen molar-refractivity contribution >= 4 is 0 Å². The number of nitrogens with one attached hydrogen (secondary N) is 1. The highest BCUT2D eigenvalue weighted by molar-refractivity contribution is 5.35. The molecule has 1 atom stereocenters. The second-order valence-corrected chi connectivity index (χ2v) is 3.98. The maximum atomic E-state index is 9.36. The van der Waals surface area contributed by atoms with E-state index in [1.165, 1.54) is 16.7 Å². The molecule has 2 nitrogen and oxygen atoms in total. The molecule has 0 saturated heterocycles. The van der Waals surface area contributed by atoms with E-state index < -0.39 is 0 Å². The summed E-state index contributed by atoms with van der Waals surface area (Å²) in [6, 6.07) is 6.32. The van der Waals surface area contributed by atoms with Gasteiger partial charge in [-0.3, -0.25) is 0 Å². The Morgan fingerprint density at radius 1 is 1.33 bits per heavy atom. The molecule has 1 unspecified atom stereocenters. The van der Waals surface area contributed by atoms with Gasteiger partial charge in [-0.2, -0.15) is 0 Å². The van der Waals surface area contributed by atoms with Crippen molar-refractivity contribution in [2.75, 3.05) is 13.2 Å². The zero-order valence-corrected chi connectivity index (χ0v) is 9.88. The molecule has 0 saturated carbocycles. The lowest BCUT2D eigenvalue weighted by atomic mass is 9.98. The van der Waals surface area contributed by atoms with Gasteiger partial charge in [0.2, 0.25) is 0 Å². The summed E-state index contributed by atoms with van der Waals surface area (Å²) in [5, 5.41) is 12.7. The number of benzene rings is 1. The monoisotopic (exact) mass is 207 g/mol. The third-order valence-corrected chi connectivity index (χ3v) is 2.85. The smallest absolute Gasteiger partial charge is 0.0626 e. The van der Waals surface area contributed by atoms with Crippen molar-refractivity contribution in [1.82, 2.24) is 5.32 Å². The Balaban J connectivity index is 2.86. The second kappa shape index (κ2) is 5.89. The predicted molar refractivity (Wildman–Crippen MR) is 64.0 cm³/mol. The summed E-state index contributed by atoms with van der Waals surface area (Å²) in [5.41, 5.74) is 3.77. The van der Waals surface area contributed by atoms with E-state index in [1.807, 2.05) is 6.07 Å². The van der Waals surface area contributed by atoms with Gasteiger partial charge in [0.05, 0.1) is 12.6 Å². The van der Waals surface area contributed by atoms with Gasteiger partial charge in [0.15, 0.2) is 0 Å². The molecule has 0 aromatic heterocycles. The molecule has 0 aliphatic heterocycles. The summed E-state index contributed by atoms with van der Waals surface area (Å²) in [5.74, 6) is 0. The summed E-state index contributed by atoms with van der Waals surface area (Å²) >= 11 is 0. The van der Waals surface area contributed by atoms with Crippen molar-refractivity contribution in [1.29, 1.82) is 0 Å². The summed E-state index contributed by atoms with van der Waals surface area (Å²) in [7, 11) is 0. The third-order valence-electron chi connectivity index (χ3n) is 2.85. The van der Waals surface area contributed by atoms with E-state index in [0.29, 0.717) is 0 Å². The van der Waals surface area contributed by atoms with Crippen LogP contribution in [0.25, 0.3) is 0 Å². The molecule has 84 valence electrons. The highest BCUT2D eigenvalue weighted by Crippen LogP contribution is 2.19. The van der Waals surface area contributed by atoms with Gasteiger partial charge in [0.1, 0.15) is 0 Å². The Morgan fingerprint density at radius 2 is 2.07 bits per heavy atom. The number of rotatable bonds is 5. The molecule has 0 fully saturated rings. The Bertz CT molecular complexity index is 309. The molecule has 0 aliphatic carbocycles. The van der Waals surface area contributed by atoms with Crippen LogP contribution >= 0.6 is 0 Å². The van der Waals surface area contributed by atoms with Crippen LogP contribution < -0.4 is 5.32 Å². The molecule has 1 aromatic rings. The van der Waals surface area contributed by atoms with Gasteiger partial charge in [-0.05, 0) is 43.5 Å². The highest BCUT2D eigenvalue weighted by atomic mass is 16.3. The van der Waals surface area contributed by atoms with Gasteiger partial charge in [0.25, 0.3) is 0 Å². The van der Waals surface area contributed by atoms with Gasteiger partial charge in [0, 0.05) is 0 Å². The molecule has 1 aromatic carbocycles.